The Hall–Kier alpha value is -2.51. The highest BCUT2D eigenvalue weighted by Gasteiger charge is 2.48. The standard InChI is InChI=1S/C25H25NO4S2/c1-4-15-11-21(17-9-18(28-2)12-19(10-17)29-3)30-22(15)13-23-24(27)26(25(31)32-23)20-8-14-5-6-16(20)7-14/h4,9-14,16,20H,1,5-8H2,2-3H3/b23-13-. The highest BCUT2D eigenvalue weighted by molar-refractivity contribution is 8.26. The zero-order chi connectivity index (χ0) is 22.4. The van der Waals surface area contributed by atoms with Gasteiger partial charge in [0.2, 0.25) is 0 Å². The zero-order valence-electron chi connectivity index (χ0n) is 18.1. The number of amides is 1. The average molecular weight is 468 g/mol. The first-order valence-electron chi connectivity index (χ1n) is 10.8. The Balaban J connectivity index is 1.46. The summed E-state index contributed by atoms with van der Waals surface area (Å²) in [5.74, 6) is 3.90. The summed E-state index contributed by atoms with van der Waals surface area (Å²) >= 11 is 6.97. The molecule has 7 heteroatoms. The lowest BCUT2D eigenvalue weighted by Crippen LogP contribution is -2.41. The second-order valence-corrected chi connectivity index (χ2v) is 10.2. The number of hydrogen-bond acceptors (Lipinski definition) is 6. The molecular formula is C25H25NO4S2. The summed E-state index contributed by atoms with van der Waals surface area (Å²) in [4.78, 5) is 15.7. The molecule has 1 aromatic carbocycles. The Labute approximate surface area is 197 Å². The van der Waals surface area contributed by atoms with Crippen LogP contribution in [0, 0.1) is 11.8 Å². The van der Waals surface area contributed by atoms with E-state index >= 15 is 0 Å². The minimum Gasteiger partial charge on any atom is -0.497 e. The number of ether oxygens (including phenoxy) is 2. The molecule has 166 valence electrons. The number of furan rings is 1. The second kappa shape index (κ2) is 8.45. The first-order valence-corrected chi connectivity index (χ1v) is 12.0. The van der Waals surface area contributed by atoms with Gasteiger partial charge in [0.15, 0.2) is 0 Å². The normalized spacial score (nSPS) is 25.8. The number of thioether (sulfide) groups is 1. The van der Waals surface area contributed by atoms with E-state index in [1.165, 1.54) is 31.0 Å². The highest BCUT2D eigenvalue weighted by atomic mass is 32.2. The summed E-state index contributed by atoms with van der Waals surface area (Å²) in [6, 6.07) is 7.73. The number of fused-ring (bicyclic) bond motifs is 2. The van der Waals surface area contributed by atoms with Gasteiger partial charge in [0.25, 0.3) is 5.91 Å². The summed E-state index contributed by atoms with van der Waals surface area (Å²) < 4.78 is 17.6. The number of rotatable bonds is 6. The molecule has 2 aliphatic carbocycles. The molecule has 5 rings (SSSR count). The van der Waals surface area contributed by atoms with Crippen molar-refractivity contribution < 1.29 is 18.7 Å². The van der Waals surface area contributed by atoms with Crippen molar-refractivity contribution in [2.24, 2.45) is 11.8 Å². The van der Waals surface area contributed by atoms with Gasteiger partial charge in [-0.2, -0.15) is 0 Å². The van der Waals surface area contributed by atoms with Crippen molar-refractivity contribution in [2.75, 3.05) is 14.2 Å². The van der Waals surface area contributed by atoms with Crippen LogP contribution in [0.2, 0.25) is 0 Å². The maximum Gasteiger partial charge on any atom is 0.266 e. The SMILES string of the molecule is C=Cc1cc(-c2cc(OC)cc(OC)c2)oc1/C=C1\SC(=S)N(C2CC3CCC2C3)C1=O. The molecule has 2 bridgehead atoms. The van der Waals surface area contributed by atoms with E-state index in [0.29, 0.717) is 38.2 Å². The lowest BCUT2D eigenvalue weighted by atomic mass is 9.94. The van der Waals surface area contributed by atoms with E-state index in [1.807, 2.05) is 29.2 Å². The van der Waals surface area contributed by atoms with Gasteiger partial charge < -0.3 is 13.9 Å². The number of thiocarbonyl (C=S) groups is 1. The Bertz CT molecular complexity index is 1110. The minimum absolute atomic E-state index is 0.00596. The van der Waals surface area contributed by atoms with Crippen molar-refractivity contribution in [1.82, 2.24) is 4.90 Å². The van der Waals surface area contributed by atoms with Gasteiger partial charge in [-0.15, -0.1) is 0 Å². The van der Waals surface area contributed by atoms with Crippen LogP contribution in [0.4, 0.5) is 0 Å². The molecule has 2 saturated carbocycles. The summed E-state index contributed by atoms with van der Waals surface area (Å²) in [6.07, 6.45) is 8.32. The lowest BCUT2D eigenvalue weighted by Gasteiger charge is -2.30. The lowest BCUT2D eigenvalue weighted by molar-refractivity contribution is -0.124. The molecule has 3 fully saturated rings. The minimum atomic E-state index is -0.00596. The Kier molecular flexibility index (Phi) is 5.63. The molecule has 1 aromatic heterocycles. The van der Waals surface area contributed by atoms with Crippen LogP contribution in [0.3, 0.4) is 0 Å². The van der Waals surface area contributed by atoms with Crippen LogP contribution in [-0.2, 0) is 4.79 Å². The fourth-order valence-electron chi connectivity index (χ4n) is 5.20. The van der Waals surface area contributed by atoms with Gasteiger partial charge in [-0.1, -0.05) is 43.1 Å². The Morgan fingerprint density at radius 1 is 1.16 bits per heavy atom. The number of carbonyl (C=O) groups excluding carboxylic acids is 1. The topological polar surface area (TPSA) is 51.9 Å². The molecular weight excluding hydrogens is 442 g/mol. The van der Waals surface area contributed by atoms with Crippen LogP contribution in [0.25, 0.3) is 23.5 Å². The van der Waals surface area contributed by atoms with Gasteiger partial charge in [0.05, 0.1) is 19.1 Å². The molecule has 3 unspecified atom stereocenters. The predicted molar refractivity (Wildman–Crippen MR) is 132 cm³/mol. The first-order chi connectivity index (χ1) is 15.5. The van der Waals surface area contributed by atoms with Gasteiger partial charge in [-0.25, -0.2) is 0 Å². The molecule has 3 aliphatic rings. The first kappa shape index (κ1) is 21.3. The molecule has 2 heterocycles. The van der Waals surface area contributed by atoms with Crippen LogP contribution < -0.4 is 9.47 Å². The largest absolute Gasteiger partial charge is 0.497 e. The van der Waals surface area contributed by atoms with Crippen molar-refractivity contribution in [2.45, 2.75) is 31.7 Å². The van der Waals surface area contributed by atoms with E-state index < -0.39 is 0 Å². The van der Waals surface area contributed by atoms with E-state index in [-0.39, 0.29) is 11.9 Å². The van der Waals surface area contributed by atoms with Gasteiger partial charge in [0, 0.05) is 29.3 Å². The maximum absolute atomic E-state index is 13.3. The number of methoxy groups -OCH3 is 2. The van der Waals surface area contributed by atoms with E-state index in [0.717, 1.165) is 23.5 Å². The fourth-order valence-corrected chi connectivity index (χ4v) is 6.54. The van der Waals surface area contributed by atoms with Crippen LogP contribution in [0.1, 0.15) is 37.0 Å². The predicted octanol–water partition coefficient (Wildman–Crippen LogP) is 6.00. The van der Waals surface area contributed by atoms with Crippen molar-refractivity contribution in [3.63, 3.8) is 0 Å². The maximum atomic E-state index is 13.3. The average Bonchev–Trinajstić information content (AvgIpc) is 3.58. The smallest absolute Gasteiger partial charge is 0.266 e. The number of hydrogen-bond donors (Lipinski definition) is 0. The molecule has 1 amide bonds. The monoisotopic (exact) mass is 467 g/mol. The molecule has 5 nitrogen and oxygen atoms in total. The van der Waals surface area contributed by atoms with Crippen LogP contribution in [0.15, 0.2) is 40.2 Å². The Morgan fingerprint density at radius 3 is 2.50 bits per heavy atom. The summed E-state index contributed by atoms with van der Waals surface area (Å²) in [7, 11) is 3.22. The van der Waals surface area contributed by atoms with E-state index in [1.54, 1.807) is 26.4 Å². The Morgan fingerprint density at radius 2 is 1.91 bits per heavy atom. The summed E-state index contributed by atoms with van der Waals surface area (Å²) in [5, 5.41) is 0. The van der Waals surface area contributed by atoms with E-state index in [9.17, 15) is 4.79 Å². The van der Waals surface area contributed by atoms with Crippen LogP contribution >= 0.6 is 24.0 Å². The second-order valence-electron chi connectivity index (χ2n) is 8.53. The van der Waals surface area contributed by atoms with E-state index in [4.69, 9.17) is 26.1 Å². The van der Waals surface area contributed by atoms with Crippen molar-refractivity contribution in [3.8, 4) is 22.8 Å². The number of nitrogens with zero attached hydrogens (tertiary/aromatic N) is 1. The summed E-state index contributed by atoms with van der Waals surface area (Å²) in [6.45, 7) is 3.91. The fraction of sp³-hybridized carbons (Fsp3) is 0.360. The highest BCUT2D eigenvalue weighted by Crippen LogP contribution is 2.49. The molecule has 2 aromatic rings. The summed E-state index contributed by atoms with van der Waals surface area (Å²) in [5.41, 5.74) is 1.63. The molecule has 0 radical (unpaired) electrons. The zero-order valence-corrected chi connectivity index (χ0v) is 19.8. The molecule has 0 N–H and O–H groups in total. The van der Waals surface area contributed by atoms with Gasteiger partial charge in [0.1, 0.15) is 27.3 Å². The van der Waals surface area contributed by atoms with Crippen LogP contribution in [-0.4, -0.2) is 35.4 Å². The molecule has 32 heavy (non-hydrogen) atoms. The van der Waals surface area contributed by atoms with Crippen LogP contribution in [0.5, 0.6) is 11.5 Å². The van der Waals surface area contributed by atoms with Gasteiger partial charge >= 0.3 is 0 Å². The quantitative estimate of drug-likeness (QED) is 0.384. The van der Waals surface area contributed by atoms with Gasteiger partial charge in [-0.3, -0.25) is 9.69 Å². The third-order valence-electron chi connectivity index (χ3n) is 6.77. The molecule has 1 saturated heterocycles. The number of carbonyl (C=O) groups is 1. The van der Waals surface area contributed by atoms with Crippen molar-refractivity contribution in [1.29, 1.82) is 0 Å². The third kappa shape index (κ3) is 3.67. The van der Waals surface area contributed by atoms with Crippen molar-refractivity contribution >= 4 is 46.4 Å². The third-order valence-corrected chi connectivity index (χ3v) is 8.10. The molecule has 3 atom stereocenters. The molecule has 0 spiro atoms. The van der Waals surface area contributed by atoms with Gasteiger partial charge in [-0.05, 0) is 49.3 Å². The number of benzene rings is 1. The molecule has 1 aliphatic heterocycles. The van der Waals surface area contributed by atoms with Crippen molar-refractivity contribution in [3.05, 3.63) is 47.1 Å². The van der Waals surface area contributed by atoms with E-state index in [2.05, 4.69) is 6.58 Å².